The summed E-state index contributed by atoms with van der Waals surface area (Å²) in [6.07, 6.45) is 0. The van der Waals surface area contributed by atoms with Crippen molar-refractivity contribution in [1.82, 2.24) is 10.2 Å². The second-order valence-electron chi connectivity index (χ2n) is 5.29. The van der Waals surface area contributed by atoms with Gasteiger partial charge in [0.05, 0.1) is 6.04 Å². The van der Waals surface area contributed by atoms with Gasteiger partial charge in [-0.05, 0) is 28.8 Å². The predicted octanol–water partition coefficient (Wildman–Crippen LogP) is 2.63. The number of aryl methyl sites for hydroxylation is 1. The van der Waals surface area contributed by atoms with Crippen LogP contribution in [0.2, 0.25) is 0 Å². The second-order valence-corrected chi connectivity index (χ2v) is 5.29. The van der Waals surface area contributed by atoms with Crippen molar-refractivity contribution in [3.63, 3.8) is 0 Å². The largest absolute Gasteiger partial charge is 0.434 e. The molecule has 0 aliphatic heterocycles. The van der Waals surface area contributed by atoms with Gasteiger partial charge in [-0.15, -0.1) is 5.10 Å². The number of nitrogens with zero attached hydrogens (tertiary/aromatic N) is 1. The summed E-state index contributed by atoms with van der Waals surface area (Å²) in [7, 11) is 0. The Hall–Kier alpha value is -2.40. The number of H-pyrrole nitrogens is 1. The first-order chi connectivity index (χ1) is 10.1. The summed E-state index contributed by atoms with van der Waals surface area (Å²) in [5.41, 5.74) is 8.54. The lowest BCUT2D eigenvalue weighted by molar-refractivity contribution is 0.402. The van der Waals surface area contributed by atoms with Crippen molar-refractivity contribution < 1.29 is 4.42 Å². The van der Waals surface area contributed by atoms with E-state index in [9.17, 15) is 4.79 Å². The molecule has 5 nitrogen and oxygen atoms in total. The van der Waals surface area contributed by atoms with Gasteiger partial charge in [-0.3, -0.25) is 0 Å². The van der Waals surface area contributed by atoms with Gasteiger partial charge in [0.1, 0.15) is 0 Å². The number of benzene rings is 2. The highest BCUT2D eigenvalue weighted by Gasteiger charge is 2.23. The second kappa shape index (κ2) is 5.18. The van der Waals surface area contributed by atoms with Crippen LogP contribution in [0.3, 0.4) is 0 Å². The first-order valence-corrected chi connectivity index (χ1v) is 6.87. The van der Waals surface area contributed by atoms with Crippen LogP contribution in [-0.4, -0.2) is 10.2 Å². The maximum atomic E-state index is 11.1. The molecule has 2 aromatic carbocycles. The quantitative estimate of drug-likeness (QED) is 0.773. The number of aromatic amines is 1. The number of nitrogens with two attached hydrogens (primary N) is 1. The van der Waals surface area contributed by atoms with Crippen molar-refractivity contribution >= 4 is 10.8 Å². The molecule has 0 fully saturated rings. The molecule has 108 valence electrons. The zero-order valence-corrected chi connectivity index (χ0v) is 12.0. The van der Waals surface area contributed by atoms with Crippen molar-refractivity contribution in [2.75, 3.05) is 0 Å². The van der Waals surface area contributed by atoms with Gasteiger partial charge < -0.3 is 10.2 Å². The molecule has 1 heterocycles. The van der Waals surface area contributed by atoms with E-state index in [1.807, 2.05) is 19.1 Å². The summed E-state index contributed by atoms with van der Waals surface area (Å²) < 4.78 is 4.98. The van der Waals surface area contributed by atoms with Crippen LogP contribution < -0.4 is 11.5 Å². The third-order valence-electron chi connectivity index (χ3n) is 3.91. The van der Waals surface area contributed by atoms with Crippen LogP contribution in [-0.2, 0) is 0 Å². The van der Waals surface area contributed by atoms with Gasteiger partial charge in [-0.25, -0.2) is 9.89 Å². The molecule has 0 amide bonds. The third-order valence-corrected chi connectivity index (χ3v) is 3.91. The van der Waals surface area contributed by atoms with Crippen LogP contribution in [0.25, 0.3) is 10.8 Å². The molecular formula is C16H17N3O2. The van der Waals surface area contributed by atoms with Gasteiger partial charge >= 0.3 is 5.76 Å². The van der Waals surface area contributed by atoms with E-state index in [4.69, 9.17) is 10.2 Å². The maximum absolute atomic E-state index is 11.1. The average molecular weight is 283 g/mol. The molecule has 0 bridgehead atoms. The molecule has 0 aliphatic carbocycles. The third kappa shape index (κ3) is 2.36. The van der Waals surface area contributed by atoms with Crippen molar-refractivity contribution in [3.05, 3.63) is 64.0 Å². The molecule has 21 heavy (non-hydrogen) atoms. The standard InChI is InChI=1S/C16H17N3O2/c1-9-5-3-6-11-7-4-8-12(13(9)11)10(2)14(17)15-18-19-16(20)21-15/h3-8,10,14H,17H2,1-2H3,(H,19,20). The van der Waals surface area contributed by atoms with E-state index in [0.717, 1.165) is 5.56 Å². The minimum atomic E-state index is -0.582. The highest BCUT2D eigenvalue weighted by Crippen LogP contribution is 2.33. The molecule has 3 rings (SSSR count). The number of hydrogen-bond donors (Lipinski definition) is 2. The predicted molar refractivity (Wildman–Crippen MR) is 81.2 cm³/mol. The SMILES string of the molecule is Cc1cccc2cccc(C(C)C(N)c3n[nH]c(=O)o3)c12. The minimum absolute atomic E-state index is 0.0266. The number of aromatic nitrogens is 2. The van der Waals surface area contributed by atoms with Crippen molar-refractivity contribution in [2.45, 2.75) is 25.8 Å². The van der Waals surface area contributed by atoms with E-state index in [0.29, 0.717) is 0 Å². The van der Waals surface area contributed by atoms with E-state index in [1.54, 1.807) is 0 Å². The Morgan fingerprint density at radius 3 is 2.62 bits per heavy atom. The van der Waals surface area contributed by atoms with Gasteiger partial charge in [-0.1, -0.05) is 43.3 Å². The fourth-order valence-corrected chi connectivity index (χ4v) is 2.73. The molecule has 5 heteroatoms. The van der Waals surface area contributed by atoms with Crippen molar-refractivity contribution in [2.24, 2.45) is 5.73 Å². The molecule has 2 unspecified atom stereocenters. The molecule has 1 aromatic heterocycles. The number of hydrogen-bond acceptors (Lipinski definition) is 4. The van der Waals surface area contributed by atoms with Gasteiger partial charge in [0, 0.05) is 5.92 Å². The first kappa shape index (κ1) is 13.6. The first-order valence-electron chi connectivity index (χ1n) is 6.87. The van der Waals surface area contributed by atoms with Crippen LogP contribution in [0.5, 0.6) is 0 Å². The van der Waals surface area contributed by atoms with E-state index in [2.05, 4.69) is 41.4 Å². The zero-order chi connectivity index (χ0) is 15.0. The van der Waals surface area contributed by atoms with Gasteiger partial charge in [0.2, 0.25) is 5.89 Å². The highest BCUT2D eigenvalue weighted by atomic mass is 16.4. The molecule has 3 aromatic rings. The number of fused-ring (bicyclic) bond motifs is 1. The fourth-order valence-electron chi connectivity index (χ4n) is 2.73. The van der Waals surface area contributed by atoms with E-state index in [-0.39, 0.29) is 11.8 Å². The topological polar surface area (TPSA) is 84.9 Å². The van der Waals surface area contributed by atoms with Crippen LogP contribution in [0.1, 0.15) is 35.9 Å². The summed E-state index contributed by atoms with van der Waals surface area (Å²) in [5.74, 6) is -0.374. The van der Waals surface area contributed by atoms with E-state index >= 15 is 0 Å². The Labute approximate surface area is 121 Å². The van der Waals surface area contributed by atoms with Gasteiger partial charge in [-0.2, -0.15) is 0 Å². The Morgan fingerprint density at radius 2 is 1.95 bits per heavy atom. The summed E-state index contributed by atoms with van der Waals surface area (Å²) in [6.45, 7) is 4.10. The summed E-state index contributed by atoms with van der Waals surface area (Å²) >= 11 is 0. The minimum Gasteiger partial charge on any atom is -0.391 e. The van der Waals surface area contributed by atoms with Crippen LogP contribution >= 0.6 is 0 Å². The fraction of sp³-hybridized carbons (Fsp3) is 0.250. The Bertz CT molecular complexity index is 829. The lowest BCUT2D eigenvalue weighted by atomic mass is 9.88. The average Bonchev–Trinajstić information content (AvgIpc) is 2.92. The Morgan fingerprint density at radius 1 is 1.24 bits per heavy atom. The number of rotatable bonds is 3. The molecule has 0 saturated carbocycles. The summed E-state index contributed by atoms with van der Waals surface area (Å²) in [4.78, 5) is 11.1. The summed E-state index contributed by atoms with van der Waals surface area (Å²) in [5, 5.41) is 8.46. The van der Waals surface area contributed by atoms with Crippen LogP contribution in [0.4, 0.5) is 0 Å². The molecule has 2 atom stereocenters. The molecule has 0 spiro atoms. The maximum Gasteiger partial charge on any atom is 0.434 e. The zero-order valence-electron chi connectivity index (χ0n) is 12.0. The van der Waals surface area contributed by atoms with Crippen molar-refractivity contribution in [1.29, 1.82) is 0 Å². The lowest BCUT2D eigenvalue weighted by Gasteiger charge is -2.20. The smallest absolute Gasteiger partial charge is 0.391 e. The monoisotopic (exact) mass is 283 g/mol. The van der Waals surface area contributed by atoms with Crippen LogP contribution in [0.15, 0.2) is 45.6 Å². The van der Waals surface area contributed by atoms with E-state index < -0.39 is 11.8 Å². The molecule has 0 aliphatic rings. The molecule has 0 radical (unpaired) electrons. The van der Waals surface area contributed by atoms with Crippen LogP contribution in [0, 0.1) is 6.92 Å². The molecular weight excluding hydrogens is 266 g/mol. The Kier molecular flexibility index (Phi) is 3.35. The normalized spacial score (nSPS) is 14.2. The highest BCUT2D eigenvalue weighted by molar-refractivity contribution is 5.89. The molecule has 3 N–H and O–H groups in total. The summed E-state index contributed by atoms with van der Waals surface area (Å²) in [6, 6.07) is 11.9. The van der Waals surface area contributed by atoms with Gasteiger partial charge in [0.25, 0.3) is 0 Å². The van der Waals surface area contributed by atoms with Gasteiger partial charge in [0.15, 0.2) is 0 Å². The number of nitrogens with one attached hydrogen (secondary N) is 1. The lowest BCUT2D eigenvalue weighted by Crippen LogP contribution is -2.18. The van der Waals surface area contributed by atoms with Crippen molar-refractivity contribution in [3.8, 4) is 0 Å². The molecule has 0 saturated heterocycles. The Balaban J connectivity index is 2.09. The van der Waals surface area contributed by atoms with E-state index in [1.165, 1.54) is 16.3 Å².